The molecule has 0 aliphatic rings. The Balaban J connectivity index is 2.45. The Morgan fingerprint density at radius 3 is 2.38 bits per heavy atom. The summed E-state index contributed by atoms with van der Waals surface area (Å²) in [5.41, 5.74) is 10.5. The standard InChI is InChI=1S/C16H20N2O2S/c1-10-5-6-15(11(2)7-10)21(19,20)9-14-13(4)16(17)12(3)8-18-14/h5-8H,9H2,1-4H3,(H2,17,18). The molecule has 112 valence electrons. The van der Waals surface area contributed by atoms with E-state index in [4.69, 9.17) is 5.73 Å². The van der Waals surface area contributed by atoms with Crippen LogP contribution in [-0.2, 0) is 15.6 Å². The van der Waals surface area contributed by atoms with Crippen molar-refractivity contribution in [1.82, 2.24) is 4.98 Å². The fraction of sp³-hybridized carbons (Fsp3) is 0.312. The summed E-state index contributed by atoms with van der Waals surface area (Å²) < 4.78 is 25.2. The number of benzene rings is 1. The predicted molar refractivity (Wildman–Crippen MR) is 84.9 cm³/mol. The van der Waals surface area contributed by atoms with Crippen LogP contribution in [0.3, 0.4) is 0 Å². The highest BCUT2D eigenvalue weighted by molar-refractivity contribution is 7.90. The van der Waals surface area contributed by atoms with Gasteiger partial charge in [0.15, 0.2) is 9.84 Å². The van der Waals surface area contributed by atoms with Crippen LogP contribution in [-0.4, -0.2) is 13.4 Å². The van der Waals surface area contributed by atoms with Crippen molar-refractivity contribution in [1.29, 1.82) is 0 Å². The maximum Gasteiger partial charge on any atom is 0.184 e. The van der Waals surface area contributed by atoms with Gasteiger partial charge in [0.1, 0.15) is 0 Å². The molecule has 0 fully saturated rings. The molecule has 2 N–H and O–H groups in total. The second-order valence-electron chi connectivity index (χ2n) is 5.45. The Kier molecular flexibility index (Phi) is 4.05. The molecule has 0 radical (unpaired) electrons. The number of rotatable bonds is 3. The van der Waals surface area contributed by atoms with Crippen molar-refractivity contribution in [2.24, 2.45) is 0 Å². The number of nitrogens with two attached hydrogens (primary N) is 1. The van der Waals surface area contributed by atoms with Crippen molar-refractivity contribution >= 4 is 15.5 Å². The first-order valence-electron chi connectivity index (χ1n) is 6.73. The van der Waals surface area contributed by atoms with E-state index in [9.17, 15) is 8.42 Å². The molecule has 0 amide bonds. The normalized spacial score (nSPS) is 11.6. The van der Waals surface area contributed by atoms with Gasteiger partial charge in [-0.2, -0.15) is 0 Å². The predicted octanol–water partition coefficient (Wildman–Crippen LogP) is 2.87. The van der Waals surface area contributed by atoms with E-state index >= 15 is 0 Å². The summed E-state index contributed by atoms with van der Waals surface area (Å²) in [5, 5.41) is 0. The lowest BCUT2D eigenvalue weighted by Gasteiger charge is -2.12. The minimum atomic E-state index is -3.43. The molecule has 1 aromatic carbocycles. The van der Waals surface area contributed by atoms with Crippen molar-refractivity contribution < 1.29 is 8.42 Å². The Morgan fingerprint density at radius 1 is 1.10 bits per heavy atom. The number of sulfone groups is 1. The first-order chi connectivity index (χ1) is 9.72. The van der Waals surface area contributed by atoms with Crippen LogP contribution in [0, 0.1) is 27.7 Å². The van der Waals surface area contributed by atoms with Crippen LogP contribution < -0.4 is 5.73 Å². The number of nitrogen functional groups attached to an aromatic ring is 1. The maximum atomic E-state index is 12.6. The molecular weight excluding hydrogens is 284 g/mol. The number of aromatic nitrogens is 1. The lowest BCUT2D eigenvalue weighted by atomic mass is 10.1. The third-order valence-corrected chi connectivity index (χ3v) is 5.45. The number of hydrogen-bond donors (Lipinski definition) is 1. The Labute approximate surface area is 125 Å². The summed E-state index contributed by atoms with van der Waals surface area (Å²) in [6.07, 6.45) is 1.62. The van der Waals surface area contributed by atoms with E-state index in [1.54, 1.807) is 12.3 Å². The minimum absolute atomic E-state index is 0.132. The molecule has 0 aliphatic carbocycles. The molecule has 4 nitrogen and oxygen atoms in total. The zero-order chi connectivity index (χ0) is 15.8. The van der Waals surface area contributed by atoms with Crippen LogP contribution >= 0.6 is 0 Å². The third kappa shape index (κ3) is 3.08. The minimum Gasteiger partial charge on any atom is -0.398 e. The maximum absolute atomic E-state index is 12.6. The van der Waals surface area contributed by atoms with Crippen molar-refractivity contribution in [3.63, 3.8) is 0 Å². The second kappa shape index (κ2) is 5.48. The van der Waals surface area contributed by atoms with Gasteiger partial charge in [0.2, 0.25) is 0 Å². The Bertz CT molecular complexity index is 796. The van der Waals surface area contributed by atoms with E-state index in [0.29, 0.717) is 16.3 Å². The quantitative estimate of drug-likeness (QED) is 0.946. The van der Waals surface area contributed by atoms with E-state index in [2.05, 4.69) is 4.98 Å². The van der Waals surface area contributed by atoms with E-state index < -0.39 is 9.84 Å². The van der Waals surface area contributed by atoms with E-state index in [1.807, 2.05) is 39.8 Å². The Hall–Kier alpha value is -1.88. The van der Waals surface area contributed by atoms with Crippen LogP contribution in [0.1, 0.15) is 27.9 Å². The number of pyridine rings is 1. The summed E-state index contributed by atoms with van der Waals surface area (Å²) in [6, 6.07) is 5.34. The van der Waals surface area contributed by atoms with Gasteiger partial charge >= 0.3 is 0 Å². The Morgan fingerprint density at radius 2 is 1.76 bits per heavy atom. The summed E-state index contributed by atoms with van der Waals surface area (Å²) in [7, 11) is -3.43. The highest BCUT2D eigenvalue weighted by Crippen LogP contribution is 2.24. The van der Waals surface area contributed by atoms with Crippen molar-refractivity contribution in [3.8, 4) is 0 Å². The zero-order valence-electron chi connectivity index (χ0n) is 12.8. The topological polar surface area (TPSA) is 73.0 Å². The molecule has 2 rings (SSSR count). The van der Waals surface area contributed by atoms with Gasteiger partial charge in [-0.15, -0.1) is 0 Å². The first-order valence-corrected chi connectivity index (χ1v) is 8.38. The van der Waals surface area contributed by atoms with Gasteiger partial charge in [-0.05, 0) is 50.5 Å². The molecule has 1 aromatic heterocycles. The molecular formula is C16H20N2O2S. The zero-order valence-corrected chi connectivity index (χ0v) is 13.6. The highest BCUT2D eigenvalue weighted by atomic mass is 32.2. The van der Waals surface area contributed by atoms with Gasteiger partial charge in [0.25, 0.3) is 0 Å². The molecule has 0 atom stereocenters. The van der Waals surface area contributed by atoms with Gasteiger partial charge in [-0.25, -0.2) is 8.42 Å². The molecule has 0 aliphatic heterocycles. The van der Waals surface area contributed by atoms with Gasteiger partial charge in [0, 0.05) is 11.9 Å². The first kappa shape index (κ1) is 15.5. The monoisotopic (exact) mass is 304 g/mol. The number of nitrogens with zero attached hydrogens (tertiary/aromatic N) is 1. The highest BCUT2D eigenvalue weighted by Gasteiger charge is 2.20. The molecule has 0 saturated carbocycles. The second-order valence-corrected chi connectivity index (χ2v) is 7.41. The fourth-order valence-electron chi connectivity index (χ4n) is 2.34. The lowest BCUT2D eigenvalue weighted by molar-refractivity contribution is 0.594. The van der Waals surface area contributed by atoms with E-state index in [-0.39, 0.29) is 5.75 Å². The van der Waals surface area contributed by atoms with Gasteiger partial charge in [-0.1, -0.05) is 17.7 Å². The van der Waals surface area contributed by atoms with Gasteiger partial charge < -0.3 is 5.73 Å². The average Bonchev–Trinajstić information content (AvgIpc) is 2.39. The van der Waals surface area contributed by atoms with Crippen LogP contribution in [0.15, 0.2) is 29.3 Å². The van der Waals surface area contributed by atoms with Crippen molar-refractivity contribution in [2.75, 3.05) is 5.73 Å². The fourth-order valence-corrected chi connectivity index (χ4v) is 3.98. The lowest BCUT2D eigenvalue weighted by Crippen LogP contribution is -2.11. The summed E-state index contributed by atoms with van der Waals surface area (Å²) in [5.74, 6) is -0.132. The van der Waals surface area contributed by atoms with Crippen molar-refractivity contribution in [3.05, 3.63) is 52.3 Å². The summed E-state index contributed by atoms with van der Waals surface area (Å²) in [6.45, 7) is 7.42. The smallest absolute Gasteiger partial charge is 0.184 e. The van der Waals surface area contributed by atoms with Crippen LogP contribution in [0.2, 0.25) is 0 Å². The van der Waals surface area contributed by atoms with Crippen LogP contribution in [0.25, 0.3) is 0 Å². The van der Waals surface area contributed by atoms with E-state index in [0.717, 1.165) is 22.3 Å². The average molecular weight is 304 g/mol. The van der Waals surface area contributed by atoms with Crippen molar-refractivity contribution in [2.45, 2.75) is 38.3 Å². The van der Waals surface area contributed by atoms with Gasteiger partial charge in [0.05, 0.1) is 16.3 Å². The molecule has 0 spiro atoms. The van der Waals surface area contributed by atoms with Crippen LogP contribution in [0.5, 0.6) is 0 Å². The van der Waals surface area contributed by atoms with Gasteiger partial charge in [-0.3, -0.25) is 4.98 Å². The SMILES string of the molecule is Cc1ccc(S(=O)(=O)Cc2ncc(C)c(N)c2C)c(C)c1. The molecule has 21 heavy (non-hydrogen) atoms. The largest absolute Gasteiger partial charge is 0.398 e. The summed E-state index contributed by atoms with van der Waals surface area (Å²) in [4.78, 5) is 4.59. The molecule has 0 unspecified atom stereocenters. The van der Waals surface area contributed by atoms with E-state index in [1.165, 1.54) is 0 Å². The number of aryl methyl sites for hydroxylation is 3. The molecule has 2 aromatic rings. The number of anilines is 1. The van der Waals surface area contributed by atoms with Crippen LogP contribution in [0.4, 0.5) is 5.69 Å². The molecule has 0 saturated heterocycles. The summed E-state index contributed by atoms with van der Waals surface area (Å²) >= 11 is 0. The molecule has 5 heteroatoms. The third-order valence-electron chi connectivity index (χ3n) is 3.67. The molecule has 1 heterocycles. The number of hydrogen-bond acceptors (Lipinski definition) is 4. The molecule has 0 bridgehead atoms.